The van der Waals surface area contributed by atoms with Crippen molar-refractivity contribution in [1.29, 1.82) is 0 Å². The standard InChI is InChI=1S/C10H7F4N3S/c11-8-2-1-6(10(12,13)14)3-9(8)15-4-7-5-18-17-16-7/h1-3,5,15H,4H2. The summed E-state index contributed by atoms with van der Waals surface area (Å²) >= 11 is 1.11. The van der Waals surface area contributed by atoms with Crippen molar-refractivity contribution in [3.63, 3.8) is 0 Å². The molecule has 1 N–H and O–H groups in total. The number of hydrogen-bond acceptors (Lipinski definition) is 4. The van der Waals surface area contributed by atoms with E-state index in [4.69, 9.17) is 0 Å². The molecule has 1 heterocycles. The third-order valence-corrected chi connectivity index (χ3v) is 2.71. The molecule has 0 aliphatic heterocycles. The molecule has 0 spiro atoms. The summed E-state index contributed by atoms with van der Waals surface area (Å²) < 4.78 is 54.2. The number of anilines is 1. The van der Waals surface area contributed by atoms with Crippen LogP contribution in [0.3, 0.4) is 0 Å². The molecular weight excluding hydrogens is 270 g/mol. The number of halogens is 4. The molecule has 0 aliphatic carbocycles. The highest BCUT2D eigenvalue weighted by Gasteiger charge is 2.31. The Morgan fingerprint density at radius 3 is 2.67 bits per heavy atom. The predicted octanol–water partition coefficient (Wildman–Crippen LogP) is 3.31. The third-order valence-electron chi connectivity index (χ3n) is 2.16. The van der Waals surface area contributed by atoms with E-state index in [1.165, 1.54) is 0 Å². The monoisotopic (exact) mass is 277 g/mol. The van der Waals surface area contributed by atoms with Crippen LogP contribution in [0.5, 0.6) is 0 Å². The molecule has 3 nitrogen and oxygen atoms in total. The Labute approximate surface area is 104 Å². The second-order valence-electron chi connectivity index (χ2n) is 3.44. The lowest BCUT2D eigenvalue weighted by atomic mass is 10.2. The quantitative estimate of drug-likeness (QED) is 0.875. The Hall–Kier alpha value is -1.70. The molecule has 0 amide bonds. The van der Waals surface area contributed by atoms with Crippen LogP contribution in [0.4, 0.5) is 23.2 Å². The van der Waals surface area contributed by atoms with Crippen LogP contribution in [0.15, 0.2) is 23.6 Å². The van der Waals surface area contributed by atoms with E-state index in [2.05, 4.69) is 14.9 Å². The third kappa shape index (κ3) is 2.95. The fraction of sp³-hybridized carbons (Fsp3) is 0.200. The van der Waals surface area contributed by atoms with Gasteiger partial charge in [0.25, 0.3) is 0 Å². The predicted molar refractivity (Wildman–Crippen MR) is 58.6 cm³/mol. The van der Waals surface area contributed by atoms with E-state index < -0.39 is 17.6 Å². The van der Waals surface area contributed by atoms with Crippen LogP contribution in [0.2, 0.25) is 0 Å². The van der Waals surface area contributed by atoms with Gasteiger partial charge in [-0.05, 0) is 29.7 Å². The van der Waals surface area contributed by atoms with E-state index in [1.54, 1.807) is 5.38 Å². The summed E-state index contributed by atoms with van der Waals surface area (Å²) in [6.45, 7) is 0.120. The molecule has 96 valence electrons. The summed E-state index contributed by atoms with van der Waals surface area (Å²) in [6, 6.07) is 2.21. The molecule has 2 rings (SSSR count). The van der Waals surface area contributed by atoms with E-state index in [9.17, 15) is 17.6 Å². The van der Waals surface area contributed by atoms with Crippen LogP contribution in [0.25, 0.3) is 0 Å². The minimum Gasteiger partial charge on any atom is -0.377 e. The van der Waals surface area contributed by atoms with Gasteiger partial charge in [0, 0.05) is 5.38 Å². The molecule has 0 saturated carbocycles. The average Bonchev–Trinajstić information content (AvgIpc) is 2.79. The van der Waals surface area contributed by atoms with Gasteiger partial charge in [-0.1, -0.05) is 4.49 Å². The number of alkyl halides is 3. The molecule has 0 atom stereocenters. The van der Waals surface area contributed by atoms with Crippen LogP contribution >= 0.6 is 11.5 Å². The maximum absolute atomic E-state index is 13.3. The molecule has 1 aromatic heterocycles. The summed E-state index contributed by atoms with van der Waals surface area (Å²) in [6.07, 6.45) is -4.49. The van der Waals surface area contributed by atoms with E-state index >= 15 is 0 Å². The van der Waals surface area contributed by atoms with Gasteiger partial charge in [-0.2, -0.15) is 13.2 Å². The summed E-state index contributed by atoms with van der Waals surface area (Å²) in [5.41, 5.74) is -0.572. The molecule has 0 aliphatic rings. The van der Waals surface area contributed by atoms with Gasteiger partial charge >= 0.3 is 6.18 Å². The Bertz CT molecular complexity index is 524. The number of aromatic nitrogens is 2. The van der Waals surface area contributed by atoms with Gasteiger partial charge in [-0.15, -0.1) is 5.10 Å². The Morgan fingerprint density at radius 2 is 2.06 bits per heavy atom. The molecule has 0 unspecified atom stereocenters. The number of nitrogens with one attached hydrogen (secondary N) is 1. The average molecular weight is 277 g/mol. The first-order valence-electron chi connectivity index (χ1n) is 4.83. The molecular formula is C10H7F4N3S. The van der Waals surface area contributed by atoms with Gasteiger partial charge in [0.15, 0.2) is 0 Å². The number of nitrogens with zero attached hydrogens (tertiary/aromatic N) is 2. The van der Waals surface area contributed by atoms with Gasteiger partial charge in [0.05, 0.1) is 23.5 Å². The molecule has 0 saturated heterocycles. The van der Waals surface area contributed by atoms with Crippen LogP contribution in [-0.4, -0.2) is 9.59 Å². The van der Waals surface area contributed by atoms with Crippen molar-refractivity contribution < 1.29 is 17.6 Å². The lowest BCUT2D eigenvalue weighted by Crippen LogP contribution is -2.08. The summed E-state index contributed by atoms with van der Waals surface area (Å²) in [7, 11) is 0. The van der Waals surface area contributed by atoms with Crippen molar-refractivity contribution in [3.05, 3.63) is 40.7 Å². The maximum atomic E-state index is 13.3. The van der Waals surface area contributed by atoms with Crippen LogP contribution in [0.1, 0.15) is 11.3 Å². The Kier molecular flexibility index (Phi) is 3.46. The van der Waals surface area contributed by atoms with Gasteiger partial charge in [-0.25, -0.2) is 4.39 Å². The van der Waals surface area contributed by atoms with Crippen LogP contribution in [0, 0.1) is 5.82 Å². The zero-order valence-corrected chi connectivity index (χ0v) is 9.65. The minimum absolute atomic E-state index is 0.120. The topological polar surface area (TPSA) is 37.8 Å². The second-order valence-corrected chi connectivity index (χ2v) is 4.05. The van der Waals surface area contributed by atoms with Gasteiger partial charge in [0.2, 0.25) is 0 Å². The summed E-state index contributed by atoms with van der Waals surface area (Å²) in [5, 5.41) is 7.87. The van der Waals surface area contributed by atoms with Crippen LogP contribution < -0.4 is 5.32 Å². The molecule has 18 heavy (non-hydrogen) atoms. The van der Waals surface area contributed by atoms with Crippen molar-refractivity contribution in [2.75, 3.05) is 5.32 Å². The smallest absolute Gasteiger partial charge is 0.377 e. The number of hydrogen-bond donors (Lipinski definition) is 1. The van der Waals surface area contributed by atoms with Gasteiger partial charge in [-0.3, -0.25) is 0 Å². The molecule has 0 radical (unpaired) electrons. The lowest BCUT2D eigenvalue weighted by Gasteiger charge is -2.10. The number of rotatable bonds is 3. The van der Waals surface area contributed by atoms with Crippen molar-refractivity contribution in [2.45, 2.75) is 12.7 Å². The van der Waals surface area contributed by atoms with Gasteiger partial charge < -0.3 is 5.32 Å². The fourth-order valence-corrected chi connectivity index (χ4v) is 1.74. The van der Waals surface area contributed by atoms with E-state index in [-0.39, 0.29) is 12.2 Å². The molecule has 0 fully saturated rings. The van der Waals surface area contributed by atoms with Crippen LogP contribution in [-0.2, 0) is 12.7 Å². The van der Waals surface area contributed by atoms with E-state index in [1.807, 2.05) is 0 Å². The maximum Gasteiger partial charge on any atom is 0.416 e. The van der Waals surface area contributed by atoms with E-state index in [0.717, 1.165) is 23.7 Å². The molecule has 8 heteroatoms. The molecule has 1 aromatic carbocycles. The summed E-state index contributed by atoms with van der Waals surface area (Å²) in [4.78, 5) is 0. The highest BCUT2D eigenvalue weighted by molar-refractivity contribution is 7.03. The minimum atomic E-state index is -4.49. The fourth-order valence-electron chi connectivity index (χ4n) is 1.28. The largest absolute Gasteiger partial charge is 0.416 e. The highest BCUT2D eigenvalue weighted by atomic mass is 32.1. The zero-order valence-electron chi connectivity index (χ0n) is 8.83. The van der Waals surface area contributed by atoms with E-state index in [0.29, 0.717) is 11.8 Å². The Balaban J connectivity index is 2.16. The first-order valence-corrected chi connectivity index (χ1v) is 5.67. The first kappa shape index (κ1) is 12.7. The molecule has 0 bridgehead atoms. The first-order chi connectivity index (χ1) is 8.47. The van der Waals surface area contributed by atoms with Crippen molar-refractivity contribution in [1.82, 2.24) is 9.59 Å². The lowest BCUT2D eigenvalue weighted by molar-refractivity contribution is -0.137. The van der Waals surface area contributed by atoms with Crippen molar-refractivity contribution >= 4 is 17.2 Å². The highest BCUT2D eigenvalue weighted by Crippen LogP contribution is 2.31. The second kappa shape index (κ2) is 4.89. The molecule has 2 aromatic rings. The zero-order chi connectivity index (χ0) is 13.2. The SMILES string of the molecule is Fc1ccc(C(F)(F)F)cc1NCc1csnn1. The van der Waals surface area contributed by atoms with Crippen molar-refractivity contribution in [2.24, 2.45) is 0 Å². The van der Waals surface area contributed by atoms with Gasteiger partial charge in [0.1, 0.15) is 5.82 Å². The Morgan fingerprint density at radius 1 is 1.28 bits per heavy atom. The number of benzene rings is 1. The normalized spacial score (nSPS) is 11.6. The summed E-state index contributed by atoms with van der Waals surface area (Å²) in [5.74, 6) is -0.744. The van der Waals surface area contributed by atoms with Crippen molar-refractivity contribution in [3.8, 4) is 0 Å².